The summed E-state index contributed by atoms with van der Waals surface area (Å²) in [6.45, 7) is 4.78. The van der Waals surface area contributed by atoms with Gasteiger partial charge in [0.2, 0.25) is 11.8 Å². The first-order valence-electron chi connectivity index (χ1n) is 10.5. The van der Waals surface area contributed by atoms with E-state index in [1.807, 2.05) is 32.0 Å². The molecule has 31 heavy (non-hydrogen) atoms. The topological polar surface area (TPSA) is 78.5 Å². The SMILES string of the molecule is Cc1c(Br)sc(C(=O)NCC2Cc3ccccc3CN2C(=O)CNC(=O)C2CC2)c1C. The van der Waals surface area contributed by atoms with Crippen LogP contribution in [0.5, 0.6) is 0 Å². The fraction of sp³-hybridized carbons (Fsp3) is 0.435. The molecule has 1 aromatic heterocycles. The summed E-state index contributed by atoms with van der Waals surface area (Å²) in [5.74, 6) is -0.204. The van der Waals surface area contributed by atoms with Crippen molar-refractivity contribution in [2.24, 2.45) is 5.92 Å². The van der Waals surface area contributed by atoms with Crippen molar-refractivity contribution >= 4 is 45.0 Å². The van der Waals surface area contributed by atoms with Crippen LogP contribution in [0.2, 0.25) is 0 Å². The number of thiophene rings is 1. The van der Waals surface area contributed by atoms with Crippen LogP contribution >= 0.6 is 27.3 Å². The standard InChI is InChI=1S/C23H26BrN3O3S/c1-13-14(2)21(24)31-20(13)23(30)25-10-18-9-16-5-3-4-6-17(16)12-27(18)19(28)11-26-22(29)15-7-8-15/h3-6,15,18H,7-12H2,1-2H3,(H,25,30)(H,26,29). The second-order valence-electron chi connectivity index (χ2n) is 8.31. The highest BCUT2D eigenvalue weighted by Crippen LogP contribution is 2.32. The lowest BCUT2D eigenvalue weighted by Gasteiger charge is -2.37. The van der Waals surface area contributed by atoms with E-state index in [1.165, 1.54) is 16.9 Å². The number of carbonyl (C=O) groups is 3. The van der Waals surface area contributed by atoms with Crippen LogP contribution in [0.1, 0.15) is 44.8 Å². The molecule has 2 aromatic rings. The third-order valence-electron chi connectivity index (χ3n) is 6.13. The van der Waals surface area contributed by atoms with Crippen molar-refractivity contribution in [1.82, 2.24) is 15.5 Å². The summed E-state index contributed by atoms with van der Waals surface area (Å²) >= 11 is 4.93. The number of fused-ring (bicyclic) bond motifs is 1. The lowest BCUT2D eigenvalue weighted by atomic mass is 9.93. The van der Waals surface area contributed by atoms with Crippen LogP contribution in [0.15, 0.2) is 28.1 Å². The Morgan fingerprint density at radius 1 is 1.10 bits per heavy atom. The van der Waals surface area contributed by atoms with Gasteiger partial charge in [0.25, 0.3) is 5.91 Å². The fourth-order valence-corrected chi connectivity index (χ4v) is 5.62. The molecule has 1 atom stereocenters. The number of carbonyl (C=O) groups excluding carboxylic acids is 3. The van der Waals surface area contributed by atoms with Gasteiger partial charge >= 0.3 is 0 Å². The van der Waals surface area contributed by atoms with E-state index >= 15 is 0 Å². The number of amides is 3. The summed E-state index contributed by atoms with van der Waals surface area (Å²) < 4.78 is 0.963. The number of hydrogen-bond donors (Lipinski definition) is 2. The van der Waals surface area contributed by atoms with Gasteiger partial charge in [0, 0.05) is 19.0 Å². The Labute approximate surface area is 194 Å². The number of nitrogens with one attached hydrogen (secondary N) is 2. The molecular formula is C23H26BrN3O3S. The molecule has 0 radical (unpaired) electrons. The average Bonchev–Trinajstić information content (AvgIpc) is 3.59. The van der Waals surface area contributed by atoms with Gasteiger partial charge in [-0.05, 0) is 71.3 Å². The predicted octanol–water partition coefficient (Wildman–Crippen LogP) is 3.34. The molecule has 4 rings (SSSR count). The largest absolute Gasteiger partial charge is 0.349 e. The molecule has 0 saturated heterocycles. The molecule has 8 heteroatoms. The zero-order chi connectivity index (χ0) is 22.1. The van der Waals surface area contributed by atoms with E-state index in [0.717, 1.165) is 33.3 Å². The summed E-state index contributed by atoms with van der Waals surface area (Å²) in [6.07, 6.45) is 2.48. The first-order chi connectivity index (χ1) is 14.8. The maximum atomic E-state index is 13.0. The second kappa shape index (κ2) is 9.12. The van der Waals surface area contributed by atoms with Crippen LogP contribution in [-0.4, -0.2) is 41.8 Å². The Morgan fingerprint density at radius 2 is 1.81 bits per heavy atom. The van der Waals surface area contributed by atoms with E-state index < -0.39 is 0 Å². The van der Waals surface area contributed by atoms with Gasteiger partial charge in [-0.1, -0.05) is 24.3 Å². The van der Waals surface area contributed by atoms with E-state index in [4.69, 9.17) is 0 Å². The zero-order valence-electron chi connectivity index (χ0n) is 17.7. The molecule has 164 valence electrons. The zero-order valence-corrected chi connectivity index (χ0v) is 20.1. The van der Waals surface area contributed by atoms with Gasteiger partial charge in [-0.25, -0.2) is 0 Å². The Morgan fingerprint density at radius 3 is 2.45 bits per heavy atom. The Hall–Kier alpha value is -2.19. The molecule has 2 heterocycles. The molecule has 1 aromatic carbocycles. The Balaban J connectivity index is 1.45. The Bertz CT molecular complexity index is 1030. The lowest BCUT2D eigenvalue weighted by Crippen LogP contribution is -2.52. The first-order valence-corrected chi connectivity index (χ1v) is 12.1. The van der Waals surface area contributed by atoms with Gasteiger partial charge in [-0.2, -0.15) is 0 Å². The molecule has 0 spiro atoms. The number of nitrogens with zero attached hydrogens (tertiary/aromatic N) is 1. The molecule has 1 aliphatic heterocycles. The van der Waals surface area contributed by atoms with Gasteiger partial charge in [0.1, 0.15) is 0 Å². The van der Waals surface area contributed by atoms with Crippen molar-refractivity contribution in [1.29, 1.82) is 0 Å². The molecule has 3 amide bonds. The molecule has 1 unspecified atom stereocenters. The molecule has 1 saturated carbocycles. The molecular weight excluding hydrogens is 478 g/mol. The lowest BCUT2D eigenvalue weighted by molar-refractivity contribution is -0.136. The van der Waals surface area contributed by atoms with Crippen molar-refractivity contribution in [2.75, 3.05) is 13.1 Å². The van der Waals surface area contributed by atoms with Crippen LogP contribution in [-0.2, 0) is 22.6 Å². The summed E-state index contributed by atoms with van der Waals surface area (Å²) in [7, 11) is 0. The number of benzene rings is 1. The predicted molar refractivity (Wildman–Crippen MR) is 124 cm³/mol. The van der Waals surface area contributed by atoms with E-state index in [1.54, 1.807) is 4.90 Å². The van der Waals surface area contributed by atoms with Crippen LogP contribution in [0.3, 0.4) is 0 Å². The molecule has 2 aliphatic rings. The van der Waals surface area contributed by atoms with E-state index in [0.29, 0.717) is 24.4 Å². The number of hydrogen-bond acceptors (Lipinski definition) is 4. The number of halogens is 1. The molecule has 1 fully saturated rings. The van der Waals surface area contributed by atoms with Gasteiger partial charge in [-0.3, -0.25) is 14.4 Å². The maximum absolute atomic E-state index is 13.0. The number of rotatable bonds is 6. The van der Waals surface area contributed by atoms with Crippen molar-refractivity contribution in [3.8, 4) is 0 Å². The normalized spacial score (nSPS) is 17.8. The van der Waals surface area contributed by atoms with E-state index in [9.17, 15) is 14.4 Å². The van der Waals surface area contributed by atoms with Crippen molar-refractivity contribution < 1.29 is 14.4 Å². The van der Waals surface area contributed by atoms with Crippen molar-refractivity contribution in [3.05, 3.63) is 55.2 Å². The Kier molecular flexibility index (Phi) is 6.48. The highest BCUT2D eigenvalue weighted by atomic mass is 79.9. The first kappa shape index (κ1) is 22.0. The van der Waals surface area contributed by atoms with Crippen LogP contribution in [0.25, 0.3) is 0 Å². The molecule has 0 bridgehead atoms. The third kappa shape index (κ3) is 4.85. The third-order valence-corrected chi connectivity index (χ3v) is 8.39. The summed E-state index contributed by atoms with van der Waals surface area (Å²) in [5, 5.41) is 5.80. The molecule has 2 N–H and O–H groups in total. The van der Waals surface area contributed by atoms with Gasteiger partial charge < -0.3 is 15.5 Å². The minimum Gasteiger partial charge on any atom is -0.349 e. The van der Waals surface area contributed by atoms with E-state index in [2.05, 4.69) is 32.6 Å². The average molecular weight is 504 g/mol. The van der Waals surface area contributed by atoms with Gasteiger partial charge in [-0.15, -0.1) is 11.3 Å². The summed E-state index contributed by atoms with van der Waals surface area (Å²) in [4.78, 5) is 40.2. The van der Waals surface area contributed by atoms with Crippen LogP contribution < -0.4 is 10.6 Å². The van der Waals surface area contributed by atoms with Crippen molar-refractivity contribution in [2.45, 2.75) is 45.7 Å². The fourth-order valence-electron chi connectivity index (χ4n) is 3.88. The maximum Gasteiger partial charge on any atom is 0.261 e. The minimum atomic E-state index is -0.158. The monoisotopic (exact) mass is 503 g/mol. The summed E-state index contributed by atoms with van der Waals surface area (Å²) in [6, 6.07) is 7.91. The molecule has 6 nitrogen and oxygen atoms in total. The summed E-state index contributed by atoms with van der Waals surface area (Å²) in [5.41, 5.74) is 4.35. The van der Waals surface area contributed by atoms with Crippen LogP contribution in [0.4, 0.5) is 0 Å². The van der Waals surface area contributed by atoms with Crippen molar-refractivity contribution in [3.63, 3.8) is 0 Å². The second-order valence-corrected chi connectivity index (χ2v) is 10.6. The molecule has 1 aliphatic carbocycles. The minimum absolute atomic E-state index is 0.00186. The van der Waals surface area contributed by atoms with Crippen LogP contribution in [0, 0.1) is 19.8 Å². The highest BCUT2D eigenvalue weighted by Gasteiger charge is 2.33. The van der Waals surface area contributed by atoms with Gasteiger partial charge in [0.15, 0.2) is 0 Å². The quantitative estimate of drug-likeness (QED) is 0.634. The van der Waals surface area contributed by atoms with Gasteiger partial charge in [0.05, 0.1) is 21.3 Å². The highest BCUT2D eigenvalue weighted by molar-refractivity contribution is 9.11. The van der Waals surface area contributed by atoms with E-state index in [-0.39, 0.29) is 36.2 Å². The smallest absolute Gasteiger partial charge is 0.261 e.